The minimum Gasteiger partial charge on any atom is -0.493 e. The van der Waals surface area contributed by atoms with E-state index in [9.17, 15) is 14.4 Å². The van der Waals surface area contributed by atoms with Crippen molar-refractivity contribution in [1.82, 2.24) is 4.90 Å². The molecule has 2 aromatic carbocycles. The van der Waals surface area contributed by atoms with Crippen LogP contribution in [0.3, 0.4) is 0 Å². The molecule has 0 bridgehead atoms. The van der Waals surface area contributed by atoms with Crippen molar-refractivity contribution in [2.24, 2.45) is 0 Å². The molecule has 1 aliphatic heterocycles. The van der Waals surface area contributed by atoms with E-state index in [0.29, 0.717) is 28.3 Å². The second-order valence-corrected chi connectivity index (χ2v) is 8.88. The van der Waals surface area contributed by atoms with Crippen LogP contribution >= 0.6 is 11.3 Å². The number of hydrogen-bond donors (Lipinski definition) is 1. The van der Waals surface area contributed by atoms with Gasteiger partial charge in [0.1, 0.15) is 0 Å². The van der Waals surface area contributed by atoms with Gasteiger partial charge in [0, 0.05) is 17.5 Å². The van der Waals surface area contributed by atoms with Gasteiger partial charge in [-0.15, -0.1) is 11.3 Å². The third kappa shape index (κ3) is 4.46. The van der Waals surface area contributed by atoms with Gasteiger partial charge in [-0.05, 0) is 48.2 Å². The fourth-order valence-electron chi connectivity index (χ4n) is 4.34. The summed E-state index contributed by atoms with van der Waals surface area (Å²) in [6.07, 6.45) is 0. The molecule has 0 saturated carbocycles. The second-order valence-electron chi connectivity index (χ2n) is 7.90. The van der Waals surface area contributed by atoms with Crippen molar-refractivity contribution in [2.75, 3.05) is 33.2 Å². The van der Waals surface area contributed by atoms with Gasteiger partial charge in [-0.1, -0.05) is 18.2 Å². The van der Waals surface area contributed by atoms with Gasteiger partial charge in [0.25, 0.3) is 5.91 Å². The summed E-state index contributed by atoms with van der Waals surface area (Å²) in [7, 11) is 4.67. The van der Waals surface area contributed by atoms with Gasteiger partial charge < -0.3 is 24.4 Å². The van der Waals surface area contributed by atoms with Crippen molar-refractivity contribution in [1.29, 1.82) is 0 Å². The summed E-state index contributed by atoms with van der Waals surface area (Å²) in [6.45, 7) is 1.93. The van der Waals surface area contributed by atoms with E-state index >= 15 is 0 Å². The summed E-state index contributed by atoms with van der Waals surface area (Å²) >= 11 is 1.47. The summed E-state index contributed by atoms with van der Waals surface area (Å²) in [6, 6.07) is 13.2. The Morgan fingerprint density at radius 1 is 1.06 bits per heavy atom. The highest BCUT2D eigenvalue weighted by Gasteiger charge is 2.44. The van der Waals surface area contributed by atoms with Crippen molar-refractivity contribution >= 4 is 34.8 Å². The number of esters is 1. The fraction of sp³-hybridized carbons (Fsp3) is 0.269. The van der Waals surface area contributed by atoms with E-state index in [1.165, 1.54) is 25.6 Å². The molecule has 0 saturated heterocycles. The molecule has 1 aromatic heterocycles. The minimum absolute atomic E-state index is 0.214. The molecule has 35 heavy (non-hydrogen) atoms. The Morgan fingerprint density at radius 2 is 1.77 bits per heavy atom. The lowest BCUT2D eigenvalue weighted by Gasteiger charge is -2.39. The number of likely N-dealkylation sites (N-methyl/N-ethyl adjacent to an activating group) is 1. The van der Waals surface area contributed by atoms with Gasteiger partial charge in [0.05, 0.1) is 44.0 Å². The molecule has 2 atom stereocenters. The summed E-state index contributed by atoms with van der Waals surface area (Å²) < 4.78 is 16.0. The highest BCUT2D eigenvalue weighted by molar-refractivity contribution is 7.10. The van der Waals surface area contributed by atoms with Crippen molar-refractivity contribution < 1.29 is 28.6 Å². The van der Waals surface area contributed by atoms with Crippen molar-refractivity contribution in [3.63, 3.8) is 0 Å². The Bertz CT molecular complexity index is 1260. The highest BCUT2D eigenvalue weighted by atomic mass is 32.1. The van der Waals surface area contributed by atoms with Crippen LogP contribution in [0.1, 0.15) is 50.0 Å². The molecule has 0 spiro atoms. The molecular formula is C26H26N2O6S. The average Bonchev–Trinajstić information content (AvgIpc) is 3.40. The standard InChI is InChI=1S/C26H26N2O6S/c1-5-34-26(31)15-9-6-7-10-18(15)27-24(29)22-16-13-19(32-3)20(33-4)14-17(16)25(30)28(2)23(22)21-11-8-12-35-21/h6-14,22-23H,5H2,1-4H3,(H,27,29). The number of nitrogens with one attached hydrogen (secondary N) is 1. The molecular weight excluding hydrogens is 468 g/mol. The molecule has 1 N–H and O–H groups in total. The predicted molar refractivity (Wildman–Crippen MR) is 132 cm³/mol. The number of ether oxygens (including phenoxy) is 3. The average molecular weight is 495 g/mol. The number of benzene rings is 2. The summed E-state index contributed by atoms with van der Waals surface area (Å²) in [5.74, 6) is -1.08. The third-order valence-corrected chi connectivity index (χ3v) is 6.91. The maximum Gasteiger partial charge on any atom is 0.340 e. The topological polar surface area (TPSA) is 94.2 Å². The first kappa shape index (κ1) is 24.3. The van der Waals surface area contributed by atoms with Gasteiger partial charge in [0.15, 0.2) is 11.5 Å². The summed E-state index contributed by atoms with van der Waals surface area (Å²) in [5, 5.41) is 4.81. The van der Waals surface area contributed by atoms with E-state index in [-0.39, 0.29) is 24.0 Å². The first-order valence-electron chi connectivity index (χ1n) is 11.0. The van der Waals surface area contributed by atoms with Crippen LogP contribution in [0.15, 0.2) is 53.9 Å². The summed E-state index contributed by atoms with van der Waals surface area (Å²) in [5.41, 5.74) is 1.47. The van der Waals surface area contributed by atoms with Gasteiger partial charge >= 0.3 is 5.97 Å². The normalized spacial score (nSPS) is 16.9. The van der Waals surface area contributed by atoms with Crippen molar-refractivity contribution in [2.45, 2.75) is 18.9 Å². The number of rotatable bonds is 7. The number of carbonyl (C=O) groups is 3. The minimum atomic E-state index is -0.776. The Balaban J connectivity index is 1.84. The lowest BCUT2D eigenvalue weighted by molar-refractivity contribution is -0.119. The molecule has 2 unspecified atom stereocenters. The number of anilines is 1. The number of para-hydroxylation sites is 1. The van der Waals surface area contributed by atoms with Crippen molar-refractivity contribution in [3.05, 3.63) is 75.5 Å². The van der Waals surface area contributed by atoms with Crippen LogP contribution in [0.25, 0.3) is 0 Å². The van der Waals surface area contributed by atoms with E-state index in [1.54, 1.807) is 55.3 Å². The molecule has 182 valence electrons. The van der Waals surface area contributed by atoms with Crippen LogP contribution in [0.2, 0.25) is 0 Å². The van der Waals surface area contributed by atoms with Crippen LogP contribution in [-0.2, 0) is 9.53 Å². The number of carbonyl (C=O) groups excluding carboxylic acids is 3. The van der Waals surface area contributed by atoms with Gasteiger partial charge in [-0.2, -0.15) is 0 Å². The number of thiophene rings is 1. The number of hydrogen-bond acceptors (Lipinski definition) is 7. The van der Waals surface area contributed by atoms with E-state index in [2.05, 4.69) is 5.32 Å². The zero-order valence-corrected chi connectivity index (χ0v) is 20.7. The van der Waals surface area contributed by atoms with Crippen LogP contribution < -0.4 is 14.8 Å². The summed E-state index contributed by atoms with van der Waals surface area (Å²) in [4.78, 5) is 42.2. The van der Waals surface area contributed by atoms with Crippen LogP contribution in [-0.4, -0.2) is 50.6 Å². The zero-order valence-electron chi connectivity index (χ0n) is 19.9. The Labute approximate surface area is 207 Å². The highest BCUT2D eigenvalue weighted by Crippen LogP contribution is 2.47. The molecule has 0 aliphatic carbocycles. The number of methoxy groups -OCH3 is 2. The number of nitrogens with zero attached hydrogens (tertiary/aromatic N) is 1. The van der Waals surface area contributed by atoms with E-state index in [4.69, 9.17) is 14.2 Å². The molecule has 2 heterocycles. The molecule has 0 fully saturated rings. The maximum absolute atomic E-state index is 13.9. The monoisotopic (exact) mass is 494 g/mol. The molecule has 2 amide bonds. The molecule has 8 nitrogen and oxygen atoms in total. The van der Waals surface area contributed by atoms with E-state index < -0.39 is 17.9 Å². The molecule has 1 aliphatic rings. The van der Waals surface area contributed by atoms with E-state index in [1.807, 2.05) is 17.5 Å². The Kier molecular flexibility index (Phi) is 7.07. The van der Waals surface area contributed by atoms with Crippen LogP contribution in [0.4, 0.5) is 5.69 Å². The Hall–Kier alpha value is -3.85. The zero-order chi connectivity index (χ0) is 25.1. The Morgan fingerprint density at radius 3 is 2.43 bits per heavy atom. The third-order valence-electron chi connectivity index (χ3n) is 5.97. The fourth-order valence-corrected chi connectivity index (χ4v) is 5.24. The van der Waals surface area contributed by atoms with Crippen LogP contribution in [0, 0.1) is 0 Å². The molecule has 9 heteroatoms. The smallest absolute Gasteiger partial charge is 0.340 e. The quantitative estimate of drug-likeness (QED) is 0.487. The van der Waals surface area contributed by atoms with Gasteiger partial charge in [-0.25, -0.2) is 4.79 Å². The lowest BCUT2D eigenvalue weighted by atomic mass is 9.81. The SMILES string of the molecule is CCOC(=O)c1ccccc1NC(=O)C1c2cc(OC)c(OC)cc2C(=O)N(C)C1c1cccs1. The van der Waals surface area contributed by atoms with E-state index in [0.717, 1.165) is 4.88 Å². The number of amides is 2. The number of fused-ring (bicyclic) bond motifs is 1. The van der Waals surface area contributed by atoms with Crippen LogP contribution in [0.5, 0.6) is 11.5 Å². The first-order valence-corrected chi connectivity index (χ1v) is 11.9. The molecule has 0 radical (unpaired) electrons. The largest absolute Gasteiger partial charge is 0.493 e. The molecule has 4 rings (SSSR count). The lowest BCUT2D eigenvalue weighted by Crippen LogP contribution is -2.43. The van der Waals surface area contributed by atoms with Gasteiger partial charge in [-0.3, -0.25) is 9.59 Å². The van der Waals surface area contributed by atoms with Gasteiger partial charge in [0.2, 0.25) is 5.91 Å². The first-order chi connectivity index (χ1) is 16.9. The maximum atomic E-state index is 13.9. The predicted octanol–water partition coefficient (Wildman–Crippen LogP) is 4.49. The second kappa shape index (κ2) is 10.2. The van der Waals surface area contributed by atoms with Crippen molar-refractivity contribution in [3.8, 4) is 11.5 Å². The molecule has 3 aromatic rings.